The van der Waals surface area contributed by atoms with Crippen LogP contribution in [0.3, 0.4) is 0 Å². The third-order valence-corrected chi connectivity index (χ3v) is 10.1. The second-order valence-electron chi connectivity index (χ2n) is 14.0. The molecule has 0 saturated carbocycles. The number of carbonyl (C=O) groups excluding carboxylic acids is 1. The van der Waals surface area contributed by atoms with Crippen LogP contribution in [0.5, 0.6) is 5.75 Å². The Hall–Kier alpha value is -5.37. The van der Waals surface area contributed by atoms with Gasteiger partial charge in [0.05, 0.1) is 25.4 Å². The predicted molar refractivity (Wildman–Crippen MR) is 191 cm³/mol. The van der Waals surface area contributed by atoms with Crippen LogP contribution in [-0.2, 0) is 21.7 Å². The first-order valence-corrected chi connectivity index (χ1v) is 17.5. The monoisotopic (exact) mass is 712 g/mol. The van der Waals surface area contributed by atoms with Crippen LogP contribution in [-0.4, -0.2) is 74.3 Å². The molecule has 272 valence electrons. The number of carbonyl (C=O) groups is 1. The Morgan fingerprint density at radius 1 is 0.923 bits per heavy atom. The largest absolute Gasteiger partial charge is 0.493 e. The molecule has 2 aromatic heterocycles. The quantitative estimate of drug-likeness (QED) is 0.173. The summed E-state index contributed by atoms with van der Waals surface area (Å²) >= 11 is 0. The van der Waals surface area contributed by atoms with Gasteiger partial charge >= 0.3 is 5.69 Å². The Balaban J connectivity index is 0.942. The van der Waals surface area contributed by atoms with Gasteiger partial charge in [-0.1, -0.05) is 19.9 Å². The Morgan fingerprint density at radius 3 is 2.17 bits per heavy atom. The van der Waals surface area contributed by atoms with E-state index < -0.39 is 28.7 Å². The molecule has 0 spiro atoms. The molecule has 2 aliphatic heterocycles. The normalized spacial score (nSPS) is 21.0. The summed E-state index contributed by atoms with van der Waals surface area (Å²) in [6.45, 7) is 9.62. The van der Waals surface area contributed by atoms with Crippen LogP contribution in [0.25, 0.3) is 5.69 Å². The van der Waals surface area contributed by atoms with Gasteiger partial charge in [-0.3, -0.25) is 4.79 Å². The van der Waals surface area contributed by atoms with E-state index in [1.807, 2.05) is 50.2 Å². The molecule has 0 N–H and O–H groups in total. The molecular formula is C38H42F2N8O4. The third kappa shape index (κ3) is 7.07. The maximum Gasteiger partial charge on any atom is 0.351 e. The number of ketones is 1. The van der Waals surface area contributed by atoms with Crippen molar-refractivity contribution in [2.45, 2.75) is 51.8 Å². The molecule has 5 aromatic rings. The van der Waals surface area contributed by atoms with E-state index in [2.05, 4.69) is 37.1 Å². The zero-order valence-corrected chi connectivity index (χ0v) is 29.5. The van der Waals surface area contributed by atoms with E-state index in [0.717, 1.165) is 49.4 Å². The van der Waals surface area contributed by atoms with E-state index in [0.29, 0.717) is 31.7 Å². The maximum atomic E-state index is 15.1. The summed E-state index contributed by atoms with van der Waals surface area (Å²) in [5, 5.41) is 8.40. The Morgan fingerprint density at radius 2 is 1.58 bits per heavy atom. The van der Waals surface area contributed by atoms with Gasteiger partial charge < -0.3 is 19.3 Å². The van der Waals surface area contributed by atoms with Crippen molar-refractivity contribution < 1.29 is 23.0 Å². The minimum atomic E-state index is -1.06. The minimum Gasteiger partial charge on any atom is -0.493 e. The molecule has 3 atom stereocenters. The first-order valence-electron chi connectivity index (χ1n) is 17.5. The van der Waals surface area contributed by atoms with Gasteiger partial charge in [-0.25, -0.2) is 32.5 Å². The molecule has 0 amide bonds. The highest BCUT2D eigenvalue weighted by Gasteiger charge is 2.50. The topological polar surface area (TPSA) is 113 Å². The van der Waals surface area contributed by atoms with Gasteiger partial charge in [0.15, 0.2) is 5.78 Å². The number of anilines is 2. The lowest BCUT2D eigenvalue weighted by Crippen LogP contribution is -2.46. The molecule has 0 unspecified atom stereocenters. The van der Waals surface area contributed by atoms with Crippen molar-refractivity contribution in [1.82, 2.24) is 29.1 Å². The van der Waals surface area contributed by atoms with Crippen molar-refractivity contribution in [2.24, 2.45) is 5.41 Å². The SMILES string of the molecule is CC[C@@H](C(C)=O)n1ncn(-c2ccc(N3CCN(c4ccc(OC[C@]5(C)CO[C@@](Cn6cncn6)(c6ccc(F)cc6F)C5)cc4)CC3)cc2)c1=O. The van der Waals surface area contributed by atoms with Crippen LogP contribution in [0.1, 0.15) is 45.2 Å². The number of Topliss-reactive ketones (excluding diaryl/α,β-unsaturated/α-hetero) is 1. The van der Waals surface area contributed by atoms with Crippen molar-refractivity contribution in [2.75, 3.05) is 49.2 Å². The molecule has 4 heterocycles. The Bertz CT molecular complexity index is 2060. The molecule has 14 heteroatoms. The fourth-order valence-corrected chi connectivity index (χ4v) is 7.39. The van der Waals surface area contributed by atoms with E-state index in [1.165, 1.54) is 41.0 Å². The van der Waals surface area contributed by atoms with E-state index in [9.17, 15) is 14.0 Å². The highest BCUT2D eigenvalue weighted by Crippen LogP contribution is 2.47. The summed E-state index contributed by atoms with van der Waals surface area (Å²) in [7, 11) is 0. The molecule has 2 aliphatic rings. The molecule has 12 nitrogen and oxygen atoms in total. The number of ether oxygens (including phenoxy) is 2. The highest BCUT2D eigenvalue weighted by molar-refractivity contribution is 5.79. The summed E-state index contributed by atoms with van der Waals surface area (Å²) in [5.41, 5.74) is 1.31. The summed E-state index contributed by atoms with van der Waals surface area (Å²) < 4.78 is 45.8. The van der Waals surface area contributed by atoms with Gasteiger partial charge in [-0.15, -0.1) is 0 Å². The van der Waals surface area contributed by atoms with Crippen molar-refractivity contribution in [3.63, 3.8) is 0 Å². The Labute approximate surface area is 300 Å². The van der Waals surface area contributed by atoms with E-state index in [-0.39, 0.29) is 23.6 Å². The highest BCUT2D eigenvalue weighted by atomic mass is 19.1. The van der Waals surface area contributed by atoms with Gasteiger partial charge in [0, 0.05) is 54.6 Å². The molecule has 3 aromatic carbocycles. The zero-order valence-electron chi connectivity index (χ0n) is 29.5. The number of hydrogen-bond acceptors (Lipinski definition) is 9. The van der Waals surface area contributed by atoms with E-state index >= 15 is 4.39 Å². The molecule has 2 saturated heterocycles. The fourth-order valence-electron chi connectivity index (χ4n) is 7.39. The van der Waals surface area contributed by atoms with Crippen LogP contribution in [0.15, 0.2) is 90.5 Å². The Kier molecular flexibility index (Phi) is 9.66. The number of benzene rings is 3. The average molecular weight is 713 g/mol. The summed E-state index contributed by atoms with van der Waals surface area (Å²) in [6.07, 6.45) is 5.38. The standard InChI is InChI=1S/C38H42F2N8O4/c1-4-35(27(2)49)48-36(50)47(26-43-48)31-8-6-29(7-9-31)44-15-17-45(18-16-44)30-10-12-32(13-11-30)51-22-37(3)20-38(52-23-37,21-46-25-41-24-42-46)33-14-5-28(39)19-34(33)40/h5-14,19,24-26,35H,4,15-18,20-23H2,1-3H3/t35-,37+,38-/m0/s1. The minimum absolute atomic E-state index is 0.0921. The number of rotatable bonds is 12. The second-order valence-corrected chi connectivity index (χ2v) is 14.0. The molecule has 2 fully saturated rings. The molecule has 0 aliphatic carbocycles. The fraction of sp³-hybridized carbons (Fsp3) is 0.395. The van der Waals surface area contributed by atoms with Gasteiger partial charge in [0.2, 0.25) is 0 Å². The van der Waals surface area contributed by atoms with E-state index in [1.54, 1.807) is 11.0 Å². The molecule has 0 radical (unpaired) electrons. The number of aromatic nitrogens is 6. The van der Waals surface area contributed by atoms with Gasteiger partial charge in [-0.05, 0) is 74.4 Å². The van der Waals surface area contributed by atoms with Gasteiger partial charge in [0.25, 0.3) is 0 Å². The first-order chi connectivity index (χ1) is 25.1. The number of nitrogens with zero attached hydrogens (tertiary/aromatic N) is 8. The smallest absolute Gasteiger partial charge is 0.351 e. The number of piperazine rings is 1. The lowest BCUT2D eigenvalue weighted by atomic mass is 9.79. The van der Waals surface area contributed by atoms with E-state index in [4.69, 9.17) is 9.47 Å². The van der Waals surface area contributed by atoms with Crippen LogP contribution >= 0.6 is 0 Å². The zero-order chi connectivity index (χ0) is 36.5. The maximum absolute atomic E-state index is 15.1. The van der Waals surface area contributed by atoms with Crippen molar-refractivity contribution in [3.05, 3.63) is 113 Å². The first kappa shape index (κ1) is 35.1. The number of hydrogen-bond donors (Lipinski definition) is 0. The summed E-state index contributed by atoms with van der Waals surface area (Å²) in [6, 6.07) is 18.9. The van der Waals surface area contributed by atoms with Gasteiger partial charge in [0.1, 0.15) is 48.0 Å². The van der Waals surface area contributed by atoms with Crippen molar-refractivity contribution in [3.8, 4) is 11.4 Å². The van der Waals surface area contributed by atoms with Crippen LogP contribution < -0.4 is 20.2 Å². The van der Waals surface area contributed by atoms with Crippen LogP contribution in [0.4, 0.5) is 20.2 Å². The lowest BCUT2D eigenvalue weighted by molar-refractivity contribution is -0.120. The van der Waals surface area contributed by atoms with Crippen molar-refractivity contribution >= 4 is 17.2 Å². The van der Waals surface area contributed by atoms with Crippen molar-refractivity contribution in [1.29, 1.82) is 0 Å². The number of halogens is 2. The predicted octanol–water partition coefficient (Wildman–Crippen LogP) is 5.17. The molecular weight excluding hydrogens is 670 g/mol. The second kappa shape index (κ2) is 14.3. The van der Waals surface area contributed by atoms with Crippen LogP contribution in [0.2, 0.25) is 0 Å². The molecule has 52 heavy (non-hydrogen) atoms. The molecule has 0 bridgehead atoms. The lowest BCUT2D eigenvalue weighted by Gasteiger charge is -2.37. The third-order valence-electron chi connectivity index (χ3n) is 10.1. The average Bonchev–Trinajstić information content (AvgIpc) is 3.88. The summed E-state index contributed by atoms with van der Waals surface area (Å²) in [4.78, 5) is 33.6. The van der Waals surface area contributed by atoms with Gasteiger partial charge in [-0.2, -0.15) is 10.2 Å². The summed E-state index contributed by atoms with van der Waals surface area (Å²) in [5.74, 6) is -0.669. The molecule has 7 rings (SSSR count). The van der Waals surface area contributed by atoms with Crippen LogP contribution in [0, 0.1) is 17.0 Å².